The molecule has 0 radical (unpaired) electrons. The van der Waals surface area contributed by atoms with E-state index in [4.69, 9.17) is 0 Å². The number of hydrogen-bond acceptors (Lipinski definition) is 0. The maximum Gasteiger partial charge on any atom is 0.102 e. The molecule has 0 aliphatic carbocycles. The van der Waals surface area contributed by atoms with Crippen LogP contribution in [0.15, 0.2) is 0 Å². The van der Waals surface area contributed by atoms with Gasteiger partial charge >= 0.3 is 0 Å². The second-order valence-electron chi connectivity index (χ2n) is 2.31. The quantitative estimate of drug-likeness (QED) is 0.534. The third-order valence-corrected chi connectivity index (χ3v) is 1.65. The monoisotopic (exact) mass is 118 g/mol. The van der Waals surface area contributed by atoms with E-state index < -0.39 is 6.17 Å². The van der Waals surface area contributed by atoms with Gasteiger partial charge in [0.1, 0.15) is 6.17 Å². The summed E-state index contributed by atoms with van der Waals surface area (Å²) in [5, 5.41) is 0. The van der Waals surface area contributed by atoms with Crippen molar-refractivity contribution in [3.63, 3.8) is 0 Å². The Morgan fingerprint density at radius 2 is 1.75 bits per heavy atom. The summed E-state index contributed by atoms with van der Waals surface area (Å²) >= 11 is 0. The molecular formula is C7H15F. The van der Waals surface area contributed by atoms with E-state index in [0.29, 0.717) is 6.42 Å². The van der Waals surface area contributed by atoms with Gasteiger partial charge in [-0.2, -0.15) is 0 Å². The standard InChI is InChI=1S/C7H15F/c1-4-6(3)7(8)5-2/h6-7H,4-5H2,1-3H3. The molecule has 0 spiro atoms. The van der Waals surface area contributed by atoms with Crippen LogP contribution in [0.3, 0.4) is 0 Å². The van der Waals surface area contributed by atoms with Crippen molar-refractivity contribution in [2.75, 3.05) is 0 Å². The number of hydrogen-bond donors (Lipinski definition) is 0. The highest BCUT2D eigenvalue weighted by atomic mass is 19.1. The lowest BCUT2D eigenvalue weighted by molar-refractivity contribution is 0.230. The van der Waals surface area contributed by atoms with Crippen LogP contribution in [0, 0.1) is 5.92 Å². The van der Waals surface area contributed by atoms with Gasteiger partial charge in [-0.25, -0.2) is 4.39 Å². The minimum absolute atomic E-state index is 0.250. The Kier molecular flexibility index (Phi) is 3.84. The number of rotatable bonds is 3. The second-order valence-corrected chi connectivity index (χ2v) is 2.31. The van der Waals surface area contributed by atoms with E-state index in [1.165, 1.54) is 0 Å². The van der Waals surface area contributed by atoms with E-state index in [-0.39, 0.29) is 5.92 Å². The number of alkyl halides is 1. The van der Waals surface area contributed by atoms with Crippen molar-refractivity contribution in [2.45, 2.75) is 39.8 Å². The second kappa shape index (κ2) is 3.88. The minimum atomic E-state index is -0.583. The third-order valence-electron chi connectivity index (χ3n) is 1.65. The molecule has 2 unspecified atom stereocenters. The van der Waals surface area contributed by atoms with Crippen molar-refractivity contribution in [1.29, 1.82) is 0 Å². The highest BCUT2D eigenvalue weighted by Gasteiger charge is 2.10. The fourth-order valence-corrected chi connectivity index (χ4v) is 0.658. The molecule has 0 bridgehead atoms. The van der Waals surface area contributed by atoms with Gasteiger partial charge in [0.25, 0.3) is 0 Å². The van der Waals surface area contributed by atoms with Crippen LogP contribution in [0.2, 0.25) is 0 Å². The van der Waals surface area contributed by atoms with Gasteiger partial charge in [-0.05, 0) is 12.3 Å². The molecule has 1 heteroatoms. The van der Waals surface area contributed by atoms with Crippen molar-refractivity contribution >= 4 is 0 Å². The summed E-state index contributed by atoms with van der Waals surface area (Å²) in [5.74, 6) is 0.250. The molecular weight excluding hydrogens is 103 g/mol. The normalized spacial score (nSPS) is 18.0. The molecule has 0 aromatic carbocycles. The van der Waals surface area contributed by atoms with Crippen LogP contribution in [-0.4, -0.2) is 6.17 Å². The van der Waals surface area contributed by atoms with E-state index in [1.54, 1.807) is 0 Å². The summed E-state index contributed by atoms with van der Waals surface area (Å²) in [4.78, 5) is 0. The molecule has 0 N–H and O–H groups in total. The van der Waals surface area contributed by atoms with Gasteiger partial charge in [0.05, 0.1) is 0 Å². The smallest absolute Gasteiger partial charge is 0.102 e. The van der Waals surface area contributed by atoms with Gasteiger partial charge in [0, 0.05) is 0 Å². The molecule has 0 rings (SSSR count). The summed E-state index contributed by atoms with van der Waals surface area (Å²) < 4.78 is 12.5. The average Bonchev–Trinajstić information content (AvgIpc) is 1.84. The largest absolute Gasteiger partial charge is 0.247 e. The summed E-state index contributed by atoms with van der Waals surface area (Å²) in [6.07, 6.45) is 1.03. The van der Waals surface area contributed by atoms with E-state index in [0.717, 1.165) is 6.42 Å². The molecule has 8 heavy (non-hydrogen) atoms. The summed E-state index contributed by atoms with van der Waals surface area (Å²) in [6.45, 7) is 5.86. The zero-order valence-electron chi connectivity index (χ0n) is 5.95. The first-order valence-corrected chi connectivity index (χ1v) is 3.36. The zero-order chi connectivity index (χ0) is 6.57. The molecule has 0 fully saturated rings. The summed E-state index contributed by atoms with van der Waals surface area (Å²) in [7, 11) is 0. The first-order chi connectivity index (χ1) is 3.72. The molecule has 0 saturated heterocycles. The minimum Gasteiger partial charge on any atom is -0.247 e. The summed E-state index contributed by atoms with van der Waals surface area (Å²) in [6, 6.07) is 0. The fraction of sp³-hybridized carbons (Fsp3) is 1.00. The first-order valence-electron chi connectivity index (χ1n) is 3.36. The van der Waals surface area contributed by atoms with Crippen LogP contribution < -0.4 is 0 Å². The van der Waals surface area contributed by atoms with E-state index in [2.05, 4.69) is 0 Å². The van der Waals surface area contributed by atoms with Crippen LogP contribution >= 0.6 is 0 Å². The van der Waals surface area contributed by atoms with Crippen LogP contribution in [0.4, 0.5) is 4.39 Å². The molecule has 0 nitrogen and oxygen atoms in total. The van der Waals surface area contributed by atoms with Gasteiger partial charge in [-0.1, -0.05) is 27.2 Å². The molecule has 0 aliphatic heterocycles. The lowest BCUT2D eigenvalue weighted by Gasteiger charge is -2.10. The van der Waals surface area contributed by atoms with Crippen LogP contribution in [0.5, 0.6) is 0 Å². The van der Waals surface area contributed by atoms with Gasteiger partial charge in [0.15, 0.2) is 0 Å². The van der Waals surface area contributed by atoms with Gasteiger partial charge < -0.3 is 0 Å². The average molecular weight is 118 g/mol. The Morgan fingerprint density at radius 1 is 1.25 bits per heavy atom. The van der Waals surface area contributed by atoms with Crippen molar-refractivity contribution in [3.8, 4) is 0 Å². The zero-order valence-corrected chi connectivity index (χ0v) is 5.95. The topological polar surface area (TPSA) is 0 Å². The maximum absolute atomic E-state index is 12.5. The Balaban J connectivity index is 3.29. The van der Waals surface area contributed by atoms with Gasteiger partial charge in [-0.15, -0.1) is 0 Å². The Labute approximate surface area is 51.1 Å². The lowest BCUT2D eigenvalue weighted by atomic mass is 10.0. The molecule has 2 atom stereocenters. The van der Waals surface area contributed by atoms with Crippen LogP contribution in [0.1, 0.15) is 33.6 Å². The molecule has 0 saturated carbocycles. The van der Waals surface area contributed by atoms with E-state index in [9.17, 15) is 4.39 Å². The van der Waals surface area contributed by atoms with E-state index >= 15 is 0 Å². The maximum atomic E-state index is 12.5. The van der Waals surface area contributed by atoms with Crippen LogP contribution in [0.25, 0.3) is 0 Å². The molecule has 0 amide bonds. The molecule has 0 aliphatic rings. The lowest BCUT2D eigenvalue weighted by Crippen LogP contribution is -2.09. The van der Waals surface area contributed by atoms with Crippen molar-refractivity contribution in [2.24, 2.45) is 5.92 Å². The Hall–Kier alpha value is -0.0700. The molecule has 0 aromatic heterocycles. The number of halogens is 1. The Morgan fingerprint density at radius 3 is 1.88 bits per heavy atom. The van der Waals surface area contributed by atoms with Crippen molar-refractivity contribution in [1.82, 2.24) is 0 Å². The first kappa shape index (κ1) is 7.93. The van der Waals surface area contributed by atoms with E-state index in [1.807, 2.05) is 20.8 Å². The third kappa shape index (κ3) is 2.29. The highest BCUT2D eigenvalue weighted by molar-refractivity contribution is 4.59. The molecule has 0 aromatic rings. The van der Waals surface area contributed by atoms with Crippen molar-refractivity contribution in [3.05, 3.63) is 0 Å². The highest BCUT2D eigenvalue weighted by Crippen LogP contribution is 2.13. The predicted octanol–water partition coefficient (Wildman–Crippen LogP) is 2.78. The molecule has 0 heterocycles. The SMILES string of the molecule is CCC(C)C(F)CC. The van der Waals surface area contributed by atoms with Crippen LogP contribution in [-0.2, 0) is 0 Å². The molecule has 50 valence electrons. The van der Waals surface area contributed by atoms with Gasteiger partial charge in [-0.3, -0.25) is 0 Å². The Bertz CT molecular complexity index is 44.3. The summed E-state index contributed by atoms with van der Waals surface area (Å²) in [5.41, 5.74) is 0. The van der Waals surface area contributed by atoms with Crippen molar-refractivity contribution < 1.29 is 4.39 Å². The predicted molar refractivity (Wildman–Crippen MR) is 34.6 cm³/mol. The fourth-order valence-electron chi connectivity index (χ4n) is 0.658. The van der Waals surface area contributed by atoms with Gasteiger partial charge in [0.2, 0.25) is 0 Å².